The lowest BCUT2D eigenvalue weighted by molar-refractivity contribution is 0.101. The second kappa shape index (κ2) is 9.84. The SMILES string of the molecule is Cc1ccnc(Nc2cc(Nc3ccc(NC(=O)c4cc(-c5ccccc5)on4)cc3)ncn2)c1. The number of amides is 1. The zero-order chi connectivity index (χ0) is 24.0. The molecule has 0 saturated heterocycles. The normalized spacial score (nSPS) is 10.5. The molecule has 3 N–H and O–H groups in total. The zero-order valence-corrected chi connectivity index (χ0v) is 18.8. The highest BCUT2D eigenvalue weighted by Gasteiger charge is 2.14. The Morgan fingerprint density at radius 3 is 2.26 bits per heavy atom. The van der Waals surface area contributed by atoms with Gasteiger partial charge in [-0.15, -0.1) is 0 Å². The number of nitrogens with zero attached hydrogens (tertiary/aromatic N) is 4. The summed E-state index contributed by atoms with van der Waals surface area (Å²) in [6.45, 7) is 2.00. The van der Waals surface area contributed by atoms with Crippen molar-refractivity contribution in [3.8, 4) is 11.3 Å². The summed E-state index contributed by atoms with van der Waals surface area (Å²) in [5, 5.41) is 13.1. The van der Waals surface area contributed by atoms with E-state index >= 15 is 0 Å². The van der Waals surface area contributed by atoms with Gasteiger partial charge in [-0.2, -0.15) is 0 Å². The van der Waals surface area contributed by atoms with Crippen molar-refractivity contribution in [1.29, 1.82) is 0 Å². The van der Waals surface area contributed by atoms with Crippen LogP contribution in [0.1, 0.15) is 16.1 Å². The molecule has 0 radical (unpaired) electrons. The van der Waals surface area contributed by atoms with Gasteiger partial charge in [-0.25, -0.2) is 15.0 Å². The highest BCUT2D eigenvalue weighted by molar-refractivity contribution is 6.03. The summed E-state index contributed by atoms with van der Waals surface area (Å²) in [5.41, 5.74) is 3.58. The summed E-state index contributed by atoms with van der Waals surface area (Å²) >= 11 is 0. The largest absolute Gasteiger partial charge is 0.355 e. The van der Waals surface area contributed by atoms with E-state index in [4.69, 9.17) is 4.52 Å². The lowest BCUT2D eigenvalue weighted by atomic mass is 10.1. The van der Waals surface area contributed by atoms with Crippen LogP contribution in [-0.2, 0) is 0 Å². The molecule has 0 aliphatic heterocycles. The van der Waals surface area contributed by atoms with Crippen LogP contribution in [0.3, 0.4) is 0 Å². The van der Waals surface area contributed by atoms with Gasteiger partial charge in [0.05, 0.1) is 0 Å². The van der Waals surface area contributed by atoms with Gasteiger partial charge in [-0.05, 0) is 48.9 Å². The molecule has 0 aliphatic rings. The average Bonchev–Trinajstić information content (AvgIpc) is 3.37. The first-order valence-corrected chi connectivity index (χ1v) is 10.8. The number of pyridine rings is 1. The summed E-state index contributed by atoms with van der Waals surface area (Å²) in [4.78, 5) is 25.3. The van der Waals surface area contributed by atoms with Gasteiger partial charge in [0.1, 0.15) is 23.8 Å². The summed E-state index contributed by atoms with van der Waals surface area (Å²) in [7, 11) is 0. The zero-order valence-electron chi connectivity index (χ0n) is 18.8. The summed E-state index contributed by atoms with van der Waals surface area (Å²) < 4.78 is 5.31. The number of hydrogen-bond donors (Lipinski definition) is 3. The predicted molar refractivity (Wildman–Crippen MR) is 134 cm³/mol. The van der Waals surface area contributed by atoms with Crippen molar-refractivity contribution in [2.45, 2.75) is 6.92 Å². The van der Waals surface area contributed by atoms with Crippen molar-refractivity contribution < 1.29 is 9.32 Å². The number of hydrogen-bond acceptors (Lipinski definition) is 8. The van der Waals surface area contributed by atoms with Crippen LogP contribution in [0.2, 0.25) is 0 Å². The second-order valence-corrected chi connectivity index (χ2v) is 7.73. The maximum absolute atomic E-state index is 12.6. The molecule has 0 saturated carbocycles. The van der Waals surface area contributed by atoms with E-state index in [0.29, 0.717) is 28.9 Å². The molecule has 0 bridgehead atoms. The van der Waals surface area contributed by atoms with E-state index in [0.717, 1.165) is 16.8 Å². The van der Waals surface area contributed by atoms with Crippen molar-refractivity contribution >= 4 is 34.7 Å². The lowest BCUT2D eigenvalue weighted by Gasteiger charge is -2.09. The highest BCUT2D eigenvalue weighted by atomic mass is 16.5. The summed E-state index contributed by atoms with van der Waals surface area (Å²) in [5.74, 6) is 2.12. The molecule has 172 valence electrons. The number of anilines is 5. The van der Waals surface area contributed by atoms with Gasteiger partial charge >= 0.3 is 0 Å². The van der Waals surface area contributed by atoms with E-state index in [9.17, 15) is 4.79 Å². The van der Waals surface area contributed by atoms with Crippen LogP contribution in [0, 0.1) is 6.92 Å². The standard InChI is InChI=1S/C26H21N7O2/c1-17-11-12-27-23(13-17)32-25-15-24(28-16-29-25)30-19-7-9-20(10-8-19)31-26(34)21-14-22(35-33-21)18-5-3-2-4-6-18/h2-16H,1H3,(H,31,34)(H2,27,28,29,30,32). The maximum atomic E-state index is 12.6. The number of carbonyl (C=O) groups is 1. The summed E-state index contributed by atoms with van der Waals surface area (Å²) in [6.07, 6.45) is 3.21. The first-order chi connectivity index (χ1) is 17.1. The molecular formula is C26H21N7O2. The molecule has 35 heavy (non-hydrogen) atoms. The van der Waals surface area contributed by atoms with Gasteiger partial charge in [0.2, 0.25) is 0 Å². The number of carbonyl (C=O) groups excluding carboxylic acids is 1. The van der Waals surface area contributed by atoms with Gasteiger partial charge in [0.15, 0.2) is 11.5 Å². The molecule has 0 atom stereocenters. The highest BCUT2D eigenvalue weighted by Crippen LogP contribution is 2.22. The Balaban J connectivity index is 1.21. The average molecular weight is 464 g/mol. The van der Waals surface area contributed by atoms with Crippen molar-refractivity contribution in [3.63, 3.8) is 0 Å². The fraction of sp³-hybridized carbons (Fsp3) is 0.0385. The fourth-order valence-electron chi connectivity index (χ4n) is 3.33. The van der Waals surface area contributed by atoms with Crippen molar-refractivity contribution in [1.82, 2.24) is 20.1 Å². The Morgan fingerprint density at radius 2 is 1.49 bits per heavy atom. The number of rotatable bonds is 7. The van der Waals surface area contributed by atoms with E-state index in [-0.39, 0.29) is 11.6 Å². The second-order valence-electron chi connectivity index (χ2n) is 7.73. The van der Waals surface area contributed by atoms with E-state index in [1.165, 1.54) is 6.33 Å². The summed E-state index contributed by atoms with van der Waals surface area (Å²) in [6, 6.07) is 24.0. The third kappa shape index (κ3) is 5.48. The molecule has 5 aromatic rings. The number of benzene rings is 2. The van der Waals surface area contributed by atoms with Gasteiger partial charge in [-0.3, -0.25) is 4.79 Å². The molecule has 9 heteroatoms. The number of aryl methyl sites for hydroxylation is 1. The molecule has 5 rings (SSSR count). The fourth-order valence-corrected chi connectivity index (χ4v) is 3.33. The smallest absolute Gasteiger partial charge is 0.277 e. The molecule has 3 heterocycles. The Bertz CT molecular complexity index is 1450. The minimum atomic E-state index is -0.354. The lowest BCUT2D eigenvalue weighted by Crippen LogP contribution is -2.12. The van der Waals surface area contributed by atoms with Crippen LogP contribution >= 0.6 is 0 Å². The van der Waals surface area contributed by atoms with Crippen LogP contribution in [0.15, 0.2) is 95.9 Å². The van der Waals surface area contributed by atoms with Gasteiger partial charge in [0, 0.05) is 35.3 Å². The monoisotopic (exact) mass is 463 g/mol. The molecule has 2 aromatic carbocycles. The maximum Gasteiger partial charge on any atom is 0.277 e. The van der Waals surface area contributed by atoms with Gasteiger partial charge in [-0.1, -0.05) is 35.5 Å². The molecule has 9 nitrogen and oxygen atoms in total. The van der Waals surface area contributed by atoms with Crippen molar-refractivity contribution in [2.75, 3.05) is 16.0 Å². The molecule has 0 unspecified atom stereocenters. The molecule has 0 spiro atoms. The van der Waals surface area contributed by atoms with E-state index in [1.54, 1.807) is 30.5 Å². The Morgan fingerprint density at radius 1 is 0.771 bits per heavy atom. The van der Waals surface area contributed by atoms with Crippen LogP contribution < -0.4 is 16.0 Å². The predicted octanol–water partition coefficient (Wildman–Crippen LogP) is 5.57. The van der Waals surface area contributed by atoms with E-state index < -0.39 is 0 Å². The number of nitrogens with one attached hydrogen (secondary N) is 3. The van der Waals surface area contributed by atoms with E-state index in [2.05, 4.69) is 36.1 Å². The Labute approximate surface area is 201 Å². The quantitative estimate of drug-likeness (QED) is 0.286. The van der Waals surface area contributed by atoms with Crippen LogP contribution in [0.4, 0.5) is 28.8 Å². The van der Waals surface area contributed by atoms with Gasteiger partial charge in [0.25, 0.3) is 5.91 Å². The molecule has 3 aromatic heterocycles. The topological polar surface area (TPSA) is 118 Å². The Kier molecular flexibility index (Phi) is 6.12. The third-order valence-electron chi connectivity index (χ3n) is 5.05. The van der Waals surface area contributed by atoms with Crippen LogP contribution in [0.25, 0.3) is 11.3 Å². The van der Waals surface area contributed by atoms with Crippen molar-refractivity contribution in [3.05, 3.63) is 103 Å². The van der Waals surface area contributed by atoms with Crippen molar-refractivity contribution in [2.24, 2.45) is 0 Å². The van der Waals surface area contributed by atoms with E-state index in [1.807, 2.05) is 61.5 Å². The van der Waals surface area contributed by atoms with Crippen LogP contribution in [0.5, 0.6) is 0 Å². The first kappa shape index (κ1) is 21.8. The molecule has 0 aliphatic carbocycles. The number of aromatic nitrogens is 4. The third-order valence-corrected chi connectivity index (χ3v) is 5.05. The van der Waals surface area contributed by atoms with Gasteiger partial charge < -0.3 is 20.5 Å². The minimum Gasteiger partial charge on any atom is -0.355 e. The molecular weight excluding hydrogens is 442 g/mol. The molecule has 1 amide bonds. The van der Waals surface area contributed by atoms with Crippen LogP contribution in [-0.4, -0.2) is 26.0 Å². The minimum absolute atomic E-state index is 0.204. The Hall–Kier alpha value is -5.05. The first-order valence-electron chi connectivity index (χ1n) is 10.8. The molecule has 0 fully saturated rings.